The first kappa shape index (κ1) is 27.7. The quantitative estimate of drug-likeness (QED) is 0.192. The molecule has 0 bridgehead atoms. The molecule has 0 spiro atoms. The van der Waals surface area contributed by atoms with Crippen LogP contribution in [0.4, 0.5) is 0 Å². The molecule has 32 heavy (non-hydrogen) atoms. The Bertz CT molecular complexity index is 814. The lowest BCUT2D eigenvalue weighted by molar-refractivity contribution is -0.127. The van der Waals surface area contributed by atoms with E-state index in [0.717, 1.165) is 17.7 Å². The molecule has 0 saturated heterocycles. The van der Waals surface area contributed by atoms with Crippen LogP contribution < -0.4 is 15.4 Å². The highest BCUT2D eigenvalue weighted by Gasteiger charge is 2.07. The second-order valence-corrected chi connectivity index (χ2v) is 7.36. The molecule has 1 amide bonds. The molecule has 2 aromatic rings. The number of rotatable bonds is 11. The first-order valence-corrected chi connectivity index (χ1v) is 10.5. The van der Waals surface area contributed by atoms with Gasteiger partial charge in [0.25, 0.3) is 0 Å². The number of ether oxygens (including phenoxy) is 2. The normalized spacial score (nSPS) is 11.8. The van der Waals surface area contributed by atoms with Crippen LogP contribution in [0.25, 0.3) is 0 Å². The molecular formula is C24H35IN4O3. The summed E-state index contributed by atoms with van der Waals surface area (Å²) in [5.74, 6) is 1.40. The van der Waals surface area contributed by atoms with Gasteiger partial charge in [-0.15, -0.1) is 24.0 Å². The van der Waals surface area contributed by atoms with E-state index in [2.05, 4.69) is 34.7 Å². The third-order valence-corrected chi connectivity index (χ3v) is 4.74. The summed E-state index contributed by atoms with van der Waals surface area (Å²) in [6.45, 7) is 4.05. The summed E-state index contributed by atoms with van der Waals surface area (Å²) in [6.07, 6.45) is 0.877. The first-order chi connectivity index (χ1) is 15.0. The number of carbonyl (C=O) groups is 1. The highest BCUT2D eigenvalue weighted by Crippen LogP contribution is 2.15. The predicted molar refractivity (Wildman–Crippen MR) is 140 cm³/mol. The molecule has 1 atom stereocenters. The summed E-state index contributed by atoms with van der Waals surface area (Å²) >= 11 is 0. The van der Waals surface area contributed by atoms with Crippen molar-refractivity contribution in [1.82, 2.24) is 15.5 Å². The summed E-state index contributed by atoms with van der Waals surface area (Å²) in [5, 5.41) is 6.39. The fraction of sp³-hybridized carbons (Fsp3) is 0.417. The van der Waals surface area contributed by atoms with Crippen molar-refractivity contribution in [3.05, 3.63) is 65.7 Å². The molecule has 1 unspecified atom stereocenters. The SMILES string of the molecule is COc1ccc(CN=C(NCCCOC(C)c2ccccc2)NCC(=O)N(C)C)cc1.I. The Hall–Kier alpha value is -2.33. The van der Waals surface area contributed by atoms with E-state index < -0.39 is 0 Å². The number of nitrogens with one attached hydrogen (secondary N) is 2. The number of amides is 1. The molecule has 2 rings (SSSR count). The highest BCUT2D eigenvalue weighted by molar-refractivity contribution is 14.0. The van der Waals surface area contributed by atoms with E-state index in [0.29, 0.717) is 25.7 Å². The maximum absolute atomic E-state index is 11.9. The minimum Gasteiger partial charge on any atom is -0.497 e. The standard InChI is InChI=1S/C24H34N4O3.HI/c1-19(21-9-6-5-7-10-21)31-16-8-15-25-24(27-18-23(29)28(2)3)26-17-20-11-13-22(30-4)14-12-20;/h5-7,9-14,19H,8,15-18H2,1-4H3,(H2,25,26,27);1H. The lowest BCUT2D eigenvalue weighted by Crippen LogP contribution is -2.43. The molecule has 7 nitrogen and oxygen atoms in total. The summed E-state index contributed by atoms with van der Waals surface area (Å²) in [7, 11) is 5.11. The van der Waals surface area contributed by atoms with Crippen LogP contribution in [0, 0.1) is 0 Å². The van der Waals surface area contributed by atoms with Crippen LogP contribution in [0.3, 0.4) is 0 Å². The number of carbonyl (C=O) groups excluding carboxylic acids is 1. The first-order valence-electron chi connectivity index (χ1n) is 10.5. The fourth-order valence-corrected chi connectivity index (χ4v) is 2.75. The molecule has 2 aromatic carbocycles. The number of nitrogens with zero attached hydrogens (tertiary/aromatic N) is 2. The van der Waals surface area contributed by atoms with Gasteiger partial charge in [0.05, 0.1) is 26.3 Å². The van der Waals surface area contributed by atoms with Gasteiger partial charge in [-0.1, -0.05) is 42.5 Å². The van der Waals surface area contributed by atoms with Crippen molar-refractivity contribution in [3.63, 3.8) is 0 Å². The Balaban J connectivity index is 0.00000512. The minimum absolute atomic E-state index is 0. The molecule has 0 aliphatic carbocycles. The van der Waals surface area contributed by atoms with Gasteiger partial charge in [0, 0.05) is 27.2 Å². The molecule has 0 saturated carbocycles. The van der Waals surface area contributed by atoms with E-state index in [1.807, 2.05) is 42.5 Å². The highest BCUT2D eigenvalue weighted by atomic mass is 127. The van der Waals surface area contributed by atoms with Crippen molar-refractivity contribution >= 4 is 35.8 Å². The average Bonchev–Trinajstić information content (AvgIpc) is 2.80. The molecule has 0 aromatic heterocycles. The number of benzene rings is 2. The minimum atomic E-state index is -0.0148. The number of hydrogen-bond acceptors (Lipinski definition) is 4. The van der Waals surface area contributed by atoms with E-state index >= 15 is 0 Å². The van der Waals surface area contributed by atoms with E-state index in [9.17, 15) is 4.79 Å². The van der Waals surface area contributed by atoms with Crippen LogP contribution in [-0.4, -0.2) is 57.7 Å². The Kier molecular flexibility index (Phi) is 13.4. The molecule has 176 valence electrons. The molecule has 0 radical (unpaired) electrons. The number of hydrogen-bond donors (Lipinski definition) is 2. The molecular weight excluding hydrogens is 519 g/mol. The lowest BCUT2D eigenvalue weighted by atomic mass is 10.1. The zero-order valence-electron chi connectivity index (χ0n) is 19.3. The van der Waals surface area contributed by atoms with Crippen LogP contribution in [0.15, 0.2) is 59.6 Å². The maximum Gasteiger partial charge on any atom is 0.241 e. The average molecular weight is 554 g/mol. The Morgan fingerprint density at radius 3 is 2.38 bits per heavy atom. The maximum atomic E-state index is 11.9. The van der Waals surface area contributed by atoms with E-state index in [1.165, 1.54) is 5.56 Å². The van der Waals surface area contributed by atoms with E-state index in [-0.39, 0.29) is 42.5 Å². The van der Waals surface area contributed by atoms with Crippen molar-refractivity contribution in [2.75, 3.05) is 40.9 Å². The van der Waals surface area contributed by atoms with Gasteiger partial charge in [-0.2, -0.15) is 0 Å². The van der Waals surface area contributed by atoms with Gasteiger partial charge >= 0.3 is 0 Å². The summed E-state index contributed by atoms with van der Waals surface area (Å²) in [6, 6.07) is 17.9. The third kappa shape index (κ3) is 10.3. The number of likely N-dealkylation sites (N-methyl/N-ethyl adjacent to an activating group) is 1. The van der Waals surface area contributed by atoms with Gasteiger partial charge < -0.3 is 25.0 Å². The molecule has 0 aliphatic heterocycles. The smallest absolute Gasteiger partial charge is 0.241 e. The van der Waals surface area contributed by atoms with Crippen LogP contribution >= 0.6 is 24.0 Å². The van der Waals surface area contributed by atoms with Crippen molar-refractivity contribution in [2.24, 2.45) is 4.99 Å². The molecule has 0 heterocycles. The van der Waals surface area contributed by atoms with Gasteiger partial charge in [0.15, 0.2) is 5.96 Å². The second-order valence-electron chi connectivity index (χ2n) is 7.36. The topological polar surface area (TPSA) is 75.2 Å². The zero-order chi connectivity index (χ0) is 22.5. The molecule has 0 fully saturated rings. The van der Waals surface area contributed by atoms with Gasteiger partial charge in [-0.25, -0.2) is 4.99 Å². The number of aliphatic imine (C=N–C) groups is 1. The monoisotopic (exact) mass is 554 g/mol. The number of halogens is 1. The predicted octanol–water partition coefficient (Wildman–Crippen LogP) is 3.60. The Morgan fingerprint density at radius 1 is 1.06 bits per heavy atom. The van der Waals surface area contributed by atoms with Gasteiger partial charge in [0.2, 0.25) is 5.91 Å². The van der Waals surface area contributed by atoms with E-state index in [1.54, 1.807) is 26.1 Å². The summed E-state index contributed by atoms with van der Waals surface area (Å²) in [5.41, 5.74) is 2.22. The summed E-state index contributed by atoms with van der Waals surface area (Å²) < 4.78 is 11.1. The van der Waals surface area contributed by atoms with Crippen molar-refractivity contribution in [1.29, 1.82) is 0 Å². The van der Waals surface area contributed by atoms with Gasteiger partial charge in [0.1, 0.15) is 5.75 Å². The Morgan fingerprint density at radius 2 is 1.75 bits per heavy atom. The van der Waals surface area contributed by atoms with Crippen LogP contribution in [-0.2, 0) is 16.1 Å². The largest absolute Gasteiger partial charge is 0.497 e. The lowest BCUT2D eigenvalue weighted by Gasteiger charge is -2.16. The number of methoxy groups -OCH3 is 1. The van der Waals surface area contributed by atoms with Gasteiger partial charge in [-0.05, 0) is 36.6 Å². The second kappa shape index (κ2) is 15.5. The van der Waals surface area contributed by atoms with Crippen molar-refractivity contribution in [3.8, 4) is 5.75 Å². The molecule has 2 N–H and O–H groups in total. The zero-order valence-corrected chi connectivity index (χ0v) is 21.7. The molecule has 8 heteroatoms. The fourth-order valence-electron chi connectivity index (χ4n) is 2.75. The van der Waals surface area contributed by atoms with Crippen molar-refractivity contribution < 1.29 is 14.3 Å². The van der Waals surface area contributed by atoms with Crippen LogP contribution in [0.2, 0.25) is 0 Å². The van der Waals surface area contributed by atoms with Crippen LogP contribution in [0.1, 0.15) is 30.6 Å². The molecule has 0 aliphatic rings. The van der Waals surface area contributed by atoms with Crippen molar-refractivity contribution in [2.45, 2.75) is 26.0 Å². The summed E-state index contributed by atoms with van der Waals surface area (Å²) in [4.78, 5) is 18.1. The Labute approximate surface area is 208 Å². The van der Waals surface area contributed by atoms with E-state index in [4.69, 9.17) is 9.47 Å². The number of guanidine groups is 1. The van der Waals surface area contributed by atoms with Crippen LogP contribution in [0.5, 0.6) is 5.75 Å². The third-order valence-electron chi connectivity index (χ3n) is 4.74. The van der Waals surface area contributed by atoms with Gasteiger partial charge in [-0.3, -0.25) is 4.79 Å².